The molecule has 0 saturated heterocycles. The summed E-state index contributed by atoms with van der Waals surface area (Å²) in [6.07, 6.45) is 0. The van der Waals surface area contributed by atoms with E-state index < -0.39 is 21.0 Å². The summed E-state index contributed by atoms with van der Waals surface area (Å²) in [4.78, 5) is 19.8. The fraction of sp³-hybridized carbons (Fsp3) is 0.143. The first-order chi connectivity index (χ1) is 7.95. The van der Waals surface area contributed by atoms with E-state index in [9.17, 15) is 20.2 Å². The molecule has 1 rings (SSSR count). The van der Waals surface area contributed by atoms with Crippen molar-refractivity contribution in [2.24, 2.45) is 5.84 Å². The molecule has 0 saturated carbocycles. The maximum Gasteiger partial charge on any atom is 0.299 e. The molecule has 0 aromatic heterocycles. The Morgan fingerprint density at radius 2 is 1.94 bits per heavy atom. The van der Waals surface area contributed by atoms with Gasteiger partial charge in [-0.25, -0.2) is 5.43 Å². The Kier molecular flexibility index (Phi) is 4.20. The van der Waals surface area contributed by atoms with E-state index in [4.69, 9.17) is 5.84 Å². The summed E-state index contributed by atoms with van der Waals surface area (Å²) in [7, 11) is 0. The Hall–Kier alpha value is -1.91. The third-order valence-corrected chi connectivity index (χ3v) is 2.12. The number of thiol groups is 1. The van der Waals surface area contributed by atoms with E-state index in [1.807, 2.05) is 0 Å². The van der Waals surface area contributed by atoms with Crippen LogP contribution in [0.1, 0.15) is 0 Å². The molecule has 9 nitrogen and oxygen atoms in total. The Balaban J connectivity index is 3.13. The highest BCUT2D eigenvalue weighted by Gasteiger charge is 2.20. The van der Waals surface area contributed by atoms with Gasteiger partial charge in [0.2, 0.25) is 0 Å². The number of hydrazine groups is 1. The van der Waals surface area contributed by atoms with E-state index in [1.54, 1.807) is 0 Å². The summed E-state index contributed by atoms with van der Waals surface area (Å²) >= 11 is 3.92. The minimum absolute atomic E-state index is 0.0820. The van der Waals surface area contributed by atoms with Crippen molar-refractivity contribution in [2.75, 3.05) is 5.32 Å². The van der Waals surface area contributed by atoms with Crippen LogP contribution < -0.4 is 16.6 Å². The molecule has 4 N–H and O–H groups in total. The first-order valence-electron chi connectivity index (χ1n) is 4.29. The number of anilines is 1. The van der Waals surface area contributed by atoms with Gasteiger partial charge in [-0.3, -0.25) is 26.1 Å². The number of rotatable bonds is 5. The van der Waals surface area contributed by atoms with E-state index in [2.05, 4.69) is 23.4 Å². The second-order valence-electron chi connectivity index (χ2n) is 2.93. The predicted octanol–water partition coefficient (Wildman–Crippen LogP) is 0.592. The van der Waals surface area contributed by atoms with Crippen LogP contribution in [0.25, 0.3) is 0 Å². The molecular weight excluding hydrogens is 250 g/mol. The number of hydrogen-bond acceptors (Lipinski definition) is 8. The summed E-state index contributed by atoms with van der Waals surface area (Å²) in [5.74, 6) is 5.06. The lowest BCUT2D eigenvalue weighted by Gasteiger charge is -2.12. The number of nitrogens with one attached hydrogen (secondary N) is 2. The number of nitro benzene ring substituents is 2. The average molecular weight is 259 g/mol. The van der Waals surface area contributed by atoms with Crippen LogP contribution in [-0.2, 0) is 0 Å². The van der Waals surface area contributed by atoms with Crippen LogP contribution in [0.4, 0.5) is 17.1 Å². The highest BCUT2D eigenvalue weighted by atomic mass is 32.1. The Labute approximate surface area is 101 Å². The average Bonchev–Trinajstić information content (AvgIpc) is 2.28. The molecule has 92 valence electrons. The van der Waals surface area contributed by atoms with Crippen molar-refractivity contribution in [1.82, 2.24) is 5.43 Å². The van der Waals surface area contributed by atoms with Gasteiger partial charge in [-0.15, -0.1) is 12.6 Å². The third-order valence-electron chi connectivity index (χ3n) is 1.84. The van der Waals surface area contributed by atoms with Gasteiger partial charge in [-0.05, 0) is 6.07 Å². The standard InChI is InChI=1S/C7H9N5O4S/c8-10-7(17)9-5-2-1-4(11(13)14)3-6(5)12(15)16/h1-3,7,9-10,17H,8H2. The van der Waals surface area contributed by atoms with Gasteiger partial charge in [-0.1, -0.05) is 0 Å². The molecule has 0 aliphatic carbocycles. The Morgan fingerprint density at radius 3 is 2.41 bits per heavy atom. The van der Waals surface area contributed by atoms with Crippen molar-refractivity contribution in [1.29, 1.82) is 0 Å². The lowest BCUT2D eigenvalue weighted by Crippen LogP contribution is -2.36. The van der Waals surface area contributed by atoms with Gasteiger partial charge in [0.05, 0.1) is 15.9 Å². The molecule has 0 heterocycles. The molecule has 0 bridgehead atoms. The van der Waals surface area contributed by atoms with Crippen LogP contribution in [0, 0.1) is 20.2 Å². The zero-order valence-corrected chi connectivity index (χ0v) is 9.26. The lowest BCUT2D eigenvalue weighted by molar-refractivity contribution is -0.393. The molecule has 10 heteroatoms. The van der Waals surface area contributed by atoms with Crippen molar-refractivity contribution < 1.29 is 9.85 Å². The van der Waals surface area contributed by atoms with Crippen LogP contribution >= 0.6 is 12.6 Å². The molecule has 1 unspecified atom stereocenters. The second kappa shape index (κ2) is 5.43. The van der Waals surface area contributed by atoms with Crippen LogP contribution in [0.2, 0.25) is 0 Å². The monoisotopic (exact) mass is 259 g/mol. The summed E-state index contributed by atoms with van der Waals surface area (Å²) in [5.41, 5.74) is 0.798. The SMILES string of the molecule is NNC(S)Nc1ccc([N+](=O)[O-])cc1[N+](=O)[O-]. The number of nitro groups is 2. The van der Waals surface area contributed by atoms with Gasteiger partial charge < -0.3 is 5.32 Å². The zero-order valence-electron chi connectivity index (χ0n) is 8.36. The largest absolute Gasteiger partial charge is 0.355 e. The number of benzene rings is 1. The highest BCUT2D eigenvalue weighted by molar-refractivity contribution is 7.81. The van der Waals surface area contributed by atoms with E-state index in [0.717, 1.165) is 12.1 Å². The summed E-state index contributed by atoms with van der Waals surface area (Å²) in [6.45, 7) is 0. The van der Waals surface area contributed by atoms with Gasteiger partial charge in [0.25, 0.3) is 11.4 Å². The van der Waals surface area contributed by atoms with Gasteiger partial charge in [0.1, 0.15) is 11.2 Å². The molecule has 0 aliphatic heterocycles. The van der Waals surface area contributed by atoms with Crippen LogP contribution in [-0.4, -0.2) is 15.3 Å². The number of nitrogens with two attached hydrogens (primary N) is 1. The lowest BCUT2D eigenvalue weighted by atomic mass is 10.2. The molecule has 1 aromatic rings. The molecule has 0 fully saturated rings. The highest BCUT2D eigenvalue weighted by Crippen LogP contribution is 2.29. The summed E-state index contributed by atoms with van der Waals surface area (Å²) < 4.78 is 0. The van der Waals surface area contributed by atoms with Gasteiger partial charge in [0.15, 0.2) is 0 Å². The van der Waals surface area contributed by atoms with Crippen LogP contribution in [0.15, 0.2) is 18.2 Å². The van der Waals surface area contributed by atoms with E-state index >= 15 is 0 Å². The van der Waals surface area contributed by atoms with Gasteiger partial charge in [-0.2, -0.15) is 0 Å². The summed E-state index contributed by atoms with van der Waals surface area (Å²) in [6, 6.07) is 3.22. The minimum atomic E-state index is -0.730. The molecule has 1 atom stereocenters. The number of nitrogens with zero attached hydrogens (tertiary/aromatic N) is 2. The smallest absolute Gasteiger partial charge is 0.299 e. The van der Waals surface area contributed by atoms with Crippen molar-refractivity contribution in [2.45, 2.75) is 5.50 Å². The maximum absolute atomic E-state index is 10.7. The van der Waals surface area contributed by atoms with Crippen molar-refractivity contribution in [3.63, 3.8) is 0 Å². The molecule has 0 aliphatic rings. The van der Waals surface area contributed by atoms with Crippen molar-refractivity contribution in [3.05, 3.63) is 38.4 Å². The number of non-ortho nitro benzene ring substituents is 1. The topological polar surface area (TPSA) is 136 Å². The Morgan fingerprint density at radius 1 is 1.29 bits per heavy atom. The fourth-order valence-electron chi connectivity index (χ4n) is 1.10. The van der Waals surface area contributed by atoms with Crippen LogP contribution in [0.5, 0.6) is 0 Å². The molecule has 0 spiro atoms. The Bertz CT molecular complexity index is 454. The minimum Gasteiger partial charge on any atom is -0.355 e. The fourth-order valence-corrected chi connectivity index (χ4v) is 1.23. The van der Waals surface area contributed by atoms with E-state index in [0.29, 0.717) is 0 Å². The summed E-state index contributed by atoms with van der Waals surface area (Å²) in [5, 5.41) is 23.8. The quantitative estimate of drug-likeness (QED) is 0.200. The number of hydrogen-bond donors (Lipinski definition) is 4. The molecule has 0 radical (unpaired) electrons. The first kappa shape index (κ1) is 13.2. The molecule has 17 heavy (non-hydrogen) atoms. The van der Waals surface area contributed by atoms with Crippen molar-refractivity contribution in [3.8, 4) is 0 Å². The van der Waals surface area contributed by atoms with E-state index in [1.165, 1.54) is 6.07 Å². The second-order valence-corrected chi connectivity index (χ2v) is 3.45. The third kappa shape index (κ3) is 3.27. The predicted molar refractivity (Wildman–Crippen MR) is 63.5 cm³/mol. The molecule has 0 amide bonds. The van der Waals surface area contributed by atoms with Gasteiger partial charge in [0, 0.05) is 6.07 Å². The van der Waals surface area contributed by atoms with E-state index in [-0.39, 0.29) is 11.4 Å². The van der Waals surface area contributed by atoms with Crippen molar-refractivity contribution >= 4 is 29.7 Å². The normalized spacial score (nSPS) is 11.9. The van der Waals surface area contributed by atoms with Gasteiger partial charge >= 0.3 is 0 Å². The maximum atomic E-state index is 10.7. The van der Waals surface area contributed by atoms with Crippen LogP contribution in [0.3, 0.4) is 0 Å². The molecular formula is C7H9N5O4S. The molecule has 1 aromatic carbocycles. The zero-order chi connectivity index (χ0) is 13.0. The first-order valence-corrected chi connectivity index (χ1v) is 4.81.